The summed E-state index contributed by atoms with van der Waals surface area (Å²) in [4.78, 5) is 0. The molecule has 1 aliphatic rings. The van der Waals surface area contributed by atoms with Crippen LogP contribution in [-0.4, -0.2) is 26.4 Å². The van der Waals surface area contributed by atoms with Crippen LogP contribution in [0.2, 0.25) is 0 Å². The Morgan fingerprint density at radius 1 is 1.32 bits per heavy atom. The molecule has 3 nitrogen and oxygen atoms in total. The van der Waals surface area contributed by atoms with Gasteiger partial charge in [0.05, 0.1) is 6.61 Å². The molecule has 106 valence electrons. The molecule has 0 spiro atoms. The summed E-state index contributed by atoms with van der Waals surface area (Å²) < 4.78 is 11.1. The van der Waals surface area contributed by atoms with Crippen LogP contribution in [-0.2, 0) is 4.74 Å². The molecule has 0 aliphatic carbocycles. The lowest BCUT2D eigenvalue weighted by Crippen LogP contribution is -2.22. The van der Waals surface area contributed by atoms with Crippen molar-refractivity contribution in [2.75, 3.05) is 31.7 Å². The van der Waals surface area contributed by atoms with Gasteiger partial charge in [-0.3, -0.25) is 0 Å². The van der Waals surface area contributed by atoms with Crippen molar-refractivity contribution >= 4 is 5.69 Å². The number of ether oxygens (including phenoxy) is 2. The molecule has 0 bridgehead atoms. The van der Waals surface area contributed by atoms with E-state index in [2.05, 4.69) is 31.3 Å². The van der Waals surface area contributed by atoms with Crippen molar-refractivity contribution in [3.05, 3.63) is 24.3 Å². The van der Waals surface area contributed by atoms with E-state index in [-0.39, 0.29) is 0 Å². The molecular weight excluding hydrogens is 238 g/mol. The quantitative estimate of drug-likeness (QED) is 0.851. The second-order valence-electron chi connectivity index (χ2n) is 5.67. The summed E-state index contributed by atoms with van der Waals surface area (Å²) in [7, 11) is 0. The van der Waals surface area contributed by atoms with Crippen LogP contribution in [0.1, 0.15) is 26.7 Å². The molecular formula is C16H25NO2. The van der Waals surface area contributed by atoms with Crippen molar-refractivity contribution in [2.45, 2.75) is 26.7 Å². The lowest BCUT2D eigenvalue weighted by atomic mass is 10.0. The molecule has 1 saturated heterocycles. The zero-order chi connectivity index (χ0) is 13.5. The second-order valence-corrected chi connectivity index (χ2v) is 5.67. The van der Waals surface area contributed by atoms with E-state index in [1.807, 2.05) is 12.1 Å². The van der Waals surface area contributed by atoms with Gasteiger partial charge in [0.2, 0.25) is 0 Å². The van der Waals surface area contributed by atoms with Crippen molar-refractivity contribution < 1.29 is 9.47 Å². The molecule has 19 heavy (non-hydrogen) atoms. The minimum atomic E-state index is 0.554. The molecule has 2 rings (SSSR count). The average molecular weight is 263 g/mol. The smallest absolute Gasteiger partial charge is 0.121 e. The molecule has 1 aliphatic heterocycles. The summed E-state index contributed by atoms with van der Waals surface area (Å²) in [5, 5.41) is 3.51. The van der Waals surface area contributed by atoms with Crippen LogP contribution in [0.25, 0.3) is 0 Å². The molecule has 1 N–H and O–H groups in total. The fraction of sp³-hybridized carbons (Fsp3) is 0.625. The van der Waals surface area contributed by atoms with E-state index >= 15 is 0 Å². The van der Waals surface area contributed by atoms with E-state index in [1.54, 1.807) is 0 Å². The van der Waals surface area contributed by atoms with Crippen molar-refractivity contribution in [1.82, 2.24) is 0 Å². The highest BCUT2D eigenvalue weighted by Crippen LogP contribution is 2.20. The van der Waals surface area contributed by atoms with Gasteiger partial charge in [-0.25, -0.2) is 0 Å². The molecule has 1 fully saturated rings. The summed E-state index contributed by atoms with van der Waals surface area (Å²) in [5.41, 5.74) is 1.15. The minimum absolute atomic E-state index is 0.554. The second kappa shape index (κ2) is 7.39. The monoisotopic (exact) mass is 263 g/mol. The molecule has 0 unspecified atom stereocenters. The zero-order valence-electron chi connectivity index (χ0n) is 12.0. The molecule has 0 atom stereocenters. The fourth-order valence-electron chi connectivity index (χ4n) is 2.17. The van der Waals surface area contributed by atoms with E-state index in [0.717, 1.165) is 56.6 Å². The Balaban J connectivity index is 1.80. The third kappa shape index (κ3) is 5.11. The highest BCUT2D eigenvalue weighted by Gasteiger charge is 2.13. The van der Waals surface area contributed by atoms with Crippen molar-refractivity contribution in [1.29, 1.82) is 0 Å². The van der Waals surface area contributed by atoms with Gasteiger partial charge in [0.1, 0.15) is 5.75 Å². The maximum absolute atomic E-state index is 5.74. The fourth-order valence-corrected chi connectivity index (χ4v) is 2.17. The first-order chi connectivity index (χ1) is 9.24. The number of nitrogens with one attached hydrogen (secondary N) is 1. The van der Waals surface area contributed by atoms with Gasteiger partial charge < -0.3 is 14.8 Å². The Bertz CT molecular complexity index is 373. The van der Waals surface area contributed by atoms with Gasteiger partial charge in [-0.2, -0.15) is 0 Å². The molecule has 1 aromatic carbocycles. The molecule has 1 heterocycles. The van der Waals surface area contributed by atoms with Gasteiger partial charge in [-0.1, -0.05) is 19.9 Å². The van der Waals surface area contributed by atoms with Crippen molar-refractivity contribution in [3.63, 3.8) is 0 Å². The van der Waals surface area contributed by atoms with E-state index in [4.69, 9.17) is 9.47 Å². The predicted molar refractivity (Wildman–Crippen MR) is 78.8 cm³/mol. The van der Waals surface area contributed by atoms with Gasteiger partial charge in [-0.05, 0) is 36.8 Å². The van der Waals surface area contributed by atoms with Crippen LogP contribution in [0, 0.1) is 11.8 Å². The number of hydrogen-bond donors (Lipinski definition) is 1. The van der Waals surface area contributed by atoms with Gasteiger partial charge in [0.25, 0.3) is 0 Å². The molecule has 3 heteroatoms. The van der Waals surface area contributed by atoms with E-state index < -0.39 is 0 Å². The normalized spacial score (nSPS) is 16.6. The Morgan fingerprint density at radius 3 is 2.84 bits per heavy atom. The van der Waals surface area contributed by atoms with E-state index in [9.17, 15) is 0 Å². The Hall–Kier alpha value is -1.22. The minimum Gasteiger partial charge on any atom is -0.493 e. The Labute approximate surface area is 116 Å². The van der Waals surface area contributed by atoms with Gasteiger partial charge in [0, 0.05) is 31.5 Å². The lowest BCUT2D eigenvalue weighted by molar-refractivity contribution is 0.0699. The molecule has 0 aromatic heterocycles. The van der Waals surface area contributed by atoms with E-state index in [0.29, 0.717) is 5.92 Å². The topological polar surface area (TPSA) is 30.5 Å². The van der Waals surface area contributed by atoms with Gasteiger partial charge in [-0.15, -0.1) is 0 Å². The lowest BCUT2D eigenvalue weighted by Gasteiger charge is -2.22. The SMILES string of the molecule is CC(C)COc1cccc(NCC2CCOCC2)c1. The number of hydrogen-bond acceptors (Lipinski definition) is 3. The predicted octanol–water partition coefficient (Wildman–Crippen LogP) is 3.56. The first kappa shape index (κ1) is 14.2. The standard InChI is InChI=1S/C16H25NO2/c1-13(2)12-19-16-5-3-4-15(10-16)17-11-14-6-8-18-9-7-14/h3-5,10,13-14,17H,6-9,11-12H2,1-2H3. The van der Waals surface area contributed by atoms with Crippen LogP contribution in [0.4, 0.5) is 5.69 Å². The van der Waals surface area contributed by atoms with Crippen LogP contribution >= 0.6 is 0 Å². The Kier molecular flexibility index (Phi) is 5.52. The van der Waals surface area contributed by atoms with E-state index in [1.165, 1.54) is 0 Å². The largest absolute Gasteiger partial charge is 0.493 e. The number of anilines is 1. The third-order valence-corrected chi connectivity index (χ3v) is 3.35. The van der Waals surface area contributed by atoms with Crippen molar-refractivity contribution in [3.8, 4) is 5.75 Å². The van der Waals surface area contributed by atoms with Gasteiger partial charge >= 0.3 is 0 Å². The average Bonchev–Trinajstić information content (AvgIpc) is 2.44. The third-order valence-electron chi connectivity index (χ3n) is 3.35. The highest BCUT2D eigenvalue weighted by molar-refractivity contribution is 5.48. The van der Waals surface area contributed by atoms with Crippen molar-refractivity contribution in [2.24, 2.45) is 11.8 Å². The number of benzene rings is 1. The summed E-state index contributed by atoms with van der Waals surface area (Å²) in [5.74, 6) is 2.23. The highest BCUT2D eigenvalue weighted by atomic mass is 16.5. The summed E-state index contributed by atoms with van der Waals surface area (Å²) in [6, 6.07) is 8.24. The Morgan fingerprint density at radius 2 is 2.11 bits per heavy atom. The van der Waals surface area contributed by atoms with Crippen LogP contribution in [0.15, 0.2) is 24.3 Å². The summed E-state index contributed by atoms with van der Waals surface area (Å²) in [6.07, 6.45) is 2.33. The van der Waals surface area contributed by atoms with Crippen LogP contribution in [0.5, 0.6) is 5.75 Å². The van der Waals surface area contributed by atoms with Crippen LogP contribution in [0.3, 0.4) is 0 Å². The molecule has 0 amide bonds. The zero-order valence-corrected chi connectivity index (χ0v) is 12.0. The first-order valence-corrected chi connectivity index (χ1v) is 7.28. The van der Waals surface area contributed by atoms with Crippen LogP contribution < -0.4 is 10.1 Å². The molecule has 0 saturated carbocycles. The maximum Gasteiger partial charge on any atom is 0.121 e. The summed E-state index contributed by atoms with van der Waals surface area (Å²) in [6.45, 7) is 7.93. The summed E-state index contributed by atoms with van der Waals surface area (Å²) >= 11 is 0. The molecule has 1 aromatic rings. The maximum atomic E-state index is 5.74. The number of rotatable bonds is 6. The van der Waals surface area contributed by atoms with Gasteiger partial charge in [0.15, 0.2) is 0 Å². The first-order valence-electron chi connectivity index (χ1n) is 7.28. The molecule has 0 radical (unpaired) electrons.